The predicted octanol–water partition coefficient (Wildman–Crippen LogP) is 2.81. The number of hydrogen-bond donors (Lipinski definition) is 3. The lowest BCUT2D eigenvalue weighted by Crippen LogP contribution is -2.41. The highest BCUT2D eigenvalue weighted by Gasteiger charge is 2.20. The molecule has 4 aromatic rings. The maximum Gasteiger partial charge on any atom is 0.272 e. The smallest absolute Gasteiger partial charge is 0.272 e. The standard InChI is InChI=1S/C21H17N5O4S2/c27-20(15-13-22-26(14-15)16-7-2-1-3-8-16)23-24-21(28)17-9-4-5-10-18(17)25-32(29,30)19-11-6-12-31-19/h1-14,25H,(H,23,27)(H,24,28). The molecule has 0 unspecified atom stereocenters. The third-order valence-electron chi connectivity index (χ3n) is 4.33. The van der Waals surface area contributed by atoms with E-state index in [1.54, 1.807) is 23.6 Å². The molecule has 0 bridgehead atoms. The van der Waals surface area contributed by atoms with Gasteiger partial charge in [-0.2, -0.15) is 5.10 Å². The normalized spacial score (nSPS) is 11.0. The maximum atomic E-state index is 12.6. The monoisotopic (exact) mass is 467 g/mol. The van der Waals surface area contributed by atoms with Crippen LogP contribution < -0.4 is 15.6 Å². The Hall–Kier alpha value is -3.96. The third-order valence-corrected chi connectivity index (χ3v) is 7.09. The number of rotatable bonds is 6. The number of benzene rings is 2. The summed E-state index contributed by atoms with van der Waals surface area (Å²) in [6.45, 7) is 0. The average molecular weight is 468 g/mol. The Bertz CT molecular complexity index is 1350. The van der Waals surface area contributed by atoms with E-state index in [2.05, 4.69) is 20.7 Å². The summed E-state index contributed by atoms with van der Waals surface area (Å²) in [5.74, 6) is -1.25. The van der Waals surface area contributed by atoms with Crippen molar-refractivity contribution in [1.29, 1.82) is 0 Å². The molecule has 9 nitrogen and oxygen atoms in total. The molecule has 162 valence electrons. The molecule has 11 heteroatoms. The minimum absolute atomic E-state index is 0.0490. The lowest BCUT2D eigenvalue weighted by molar-refractivity contribution is 0.0847. The number of nitrogens with one attached hydrogen (secondary N) is 3. The molecule has 0 radical (unpaired) electrons. The zero-order valence-electron chi connectivity index (χ0n) is 16.4. The first-order chi connectivity index (χ1) is 15.4. The summed E-state index contributed by atoms with van der Waals surface area (Å²) >= 11 is 1.06. The van der Waals surface area contributed by atoms with Gasteiger partial charge in [0.05, 0.1) is 28.7 Å². The van der Waals surface area contributed by atoms with Crippen LogP contribution >= 0.6 is 11.3 Å². The number of amides is 2. The molecule has 32 heavy (non-hydrogen) atoms. The van der Waals surface area contributed by atoms with E-state index < -0.39 is 21.8 Å². The minimum Gasteiger partial charge on any atom is -0.278 e. The number of para-hydroxylation sites is 2. The summed E-state index contributed by atoms with van der Waals surface area (Å²) in [5.41, 5.74) is 5.77. The Morgan fingerprint density at radius 1 is 0.875 bits per heavy atom. The molecule has 0 fully saturated rings. The van der Waals surface area contributed by atoms with E-state index in [9.17, 15) is 18.0 Å². The lowest BCUT2D eigenvalue weighted by atomic mass is 10.2. The maximum absolute atomic E-state index is 12.6. The molecule has 0 aliphatic heterocycles. The van der Waals surface area contributed by atoms with Gasteiger partial charge in [-0.15, -0.1) is 11.3 Å². The highest BCUT2D eigenvalue weighted by atomic mass is 32.2. The quantitative estimate of drug-likeness (QED) is 0.377. The van der Waals surface area contributed by atoms with Crippen LogP contribution in [0.4, 0.5) is 5.69 Å². The van der Waals surface area contributed by atoms with E-state index in [-0.39, 0.29) is 21.0 Å². The molecule has 0 atom stereocenters. The van der Waals surface area contributed by atoms with Crippen molar-refractivity contribution in [1.82, 2.24) is 20.6 Å². The second kappa shape index (κ2) is 9.04. The molecular formula is C21H17N5O4S2. The largest absolute Gasteiger partial charge is 0.278 e. The van der Waals surface area contributed by atoms with E-state index in [0.29, 0.717) is 0 Å². The SMILES string of the molecule is O=C(NNC(=O)c1ccccc1NS(=O)(=O)c1cccs1)c1cnn(-c2ccccc2)c1. The van der Waals surface area contributed by atoms with Crippen LogP contribution in [0.1, 0.15) is 20.7 Å². The minimum atomic E-state index is -3.83. The van der Waals surface area contributed by atoms with E-state index in [1.807, 2.05) is 30.3 Å². The third kappa shape index (κ3) is 4.68. The van der Waals surface area contributed by atoms with Crippen LogP contribution in [0.5, 0.6) is 0 Å². The average Bonchev–Trinajstić information content (AvgIpc) is 3.51. The van der Waals surface area contributed by atoms with Gasteiger partial charge in [0.15, 0.2) is 0 Å². The second-order valence-corrected chi connectivity index (χ2v) is 9.36. The fourth-order valence-electron chi connectivity index (χ4n) is 2.80. The molecule has 2 aromatic heterocycles. The number of aromatic nitrogens is 2. The van der Waals surface area contributed by atoms with Gasteiger partial charge >= 0.3 is 0 Å². The van der Waals surface area contributed by atoms with Crippen molar-refractivity contribution in [3.8, 4) is 5.69 Å². The van der Waals surface area contributed by atoms with Crippen molar-refractivity contribution >= 4 is 38.9 Å². The number of hydrogen-bond acceptors (Lipinski definition) is 6. The van der Waals surface area contributed by atoms with Crippen LogP contribution in [0.15, 0.2) is 88.7 Å². The van der Waals surface area contributed by atoms with Gasteiger partial charge in [-0.25, -0.2) is 13.1 Å². The van der Waals surface area contributed by atoms with Crippen LogP contribution in [-0.4, -0.2) is 30.0 Å². The second-order valence-electron chi connectivity index (χ2n) is 6.50. The van der Waals surface area contributed by atoms with Crippen molar-refractivity contribution in [2.45, 2.75) is 4.21 Å². The van der Waals surface area contributed by atoms with Gasteiger partial charge in [0, 0.05) is 6.20 Å². The number of carbonyl (C=O) groups is 2. The highest BCUT2D eigenvalue weighted by Crippen LogP contribution is 2.22. The molecule has 0 spiro atoms. The topological polar surface area (TPSA) is 122 Å². The van der Waals surface area contributed by atoms with Gasteiger partial charge in [-0.3, -0.25) is 25.2 Å². The van der Waals surface area contributed by atoms with Gasteiger partial charge in [-0.05, 0) is 35.7 Å². The van der Waals surface area contributed by atoms with Gasteiger partial charge in [0.25, 0.3) is 21.8 Å². The first-order valence-corrected chi connectivity index (χ1v) is 11.7. The molecule has 2 heterocycles. The summed E-state index contributed by atoms with van der Waals surface area (Å²) in [6.07, 6.45) is 2.90. The van der Waals surface area contributed by atoms with E-state index in [0.717, 1.165) is 17.0 Å². The number of carbonyl (C=O) groups excluding carboxylic acids is 2. The first-order valence-electron chi connectivity index (χ1n) is 9.30. The van der Waals surface area contributed by atoms with Crippen LogP contribution in [0, 0.1) is 0 Å². The van der Waals surface area contributed by atoms with Crippen molar-refractivity contribution in [3.05, 3.63) is 95.6 Å². The zero-order chi connectivity index (χ0) is 22.6. The molecular weight excluding hydrogens is 450 g/mol. The Morgan fingerprint density at radius 3 is 2.34 bits per heavy atom. The Labute approximate surface area is 187 Å². The van der Waals surface area contributed by atoms with Crippen LogP contribution in [0.3, 0.4) is 0 Å². The molecule has 2 amide bonds. The Morgan fingerprint density at radius 2 is 1.59 bits per heavy atom. The Kier molecular flexibility index (Phi) is 6.01. The number of thiophene rings is 1. The lowest BCUT2D eigenvalue weighted by Gasteiger charge is -2.12. The van der Waals surface area contributed by atoms with Gasteiger partial charge < -0.3 is 0 Å². The van der Waals surface area contributed by atoms with Gasteiger partial charge in [0.1, 0.15) is 4.21 Å². The molecule has 0 saturated carbocycles. The van der Waals surface area contributed by atoms with Crippen LogP contribution in [-0.2, 0) is 10.0 Å². The summed E-state index contributed by atoms with van der Waals surface area (Å²) in [6, 6.07) is 18.4. The van der Waals surface area contributed by atoms with E-state index >= 15 is 0 Å². The van der Waals surface area contributed by atoms with E-state index in [1.165, 1.54) is 35.3 Å². The zero-order valence-corrected chi connectivity index (χ0v) is 18.1. The Balaban J connectivity index is 1.44. The first kappa shape index (κ1) is 21.3. The molecule has 2 aromatic carbocycles. The summed E-state index contributed by atoms with van der Waals surface area (Å²) in [5, 5.41) is 5.78. The summed E-state index contributed by atoms with van der Waals surface area (Å²) in [7, 11) is -3.83. The number of sulfonamides is 1. The van der Waals surface area contributed by atoms with E-state index in [4.69, 9.17) is 0 Å². The fourth-order valence-corrected chi connectivity index (χ4v) is 4.87. The van der Waals surface area contributed by atoms with Gasteiger partial charge in [-0.1, -0.05) is 36.4 Å². The van der Waals surface area contributed by atoms with Crippen molar-refractivity contribution in [2.24, 2.45) is 0 Å². The molecule has 4 rings (SSSR count). The predicted molar refractivity (Wildman–Crippen MR) is 120 cm³/mol. The summed E-state index contributed by atoms with van der Waals surface area (Å²) < 4.78 is 29.1. The molecule has 0 aliphatic rings. The number of nitrogens with zero attached hydrogens (tertiary/aromatic N) is 2. The van der Waals surface area contributed by atoms with Crippen molar-refractivity contribution in [2.75, 3.05) is 4.72 Å². The molecule has 3 N–H and O–H groups in total. The van der Waals surface area contributed by atoms with Crippen molar-refractivity contribution in [3.63, 3.8) is 0 Å². The van der Waals surface area contributed by atoms with Crippen LogP contribution in [0.2, 0.25) is 0 Å². The molecule has 0 aliphatic carbocycles. The van der Waals surface area contributed by atoms with Crippen LogP contribution in [0.25, 0.3) is 5.69 Å². The summed E-state index contributed by atoms with van der Waals surface area (Å²) in [4.78, 5) is 25.0. The van der Waals surface area contributed by atoms with Gasteiger partial charge in [0.2, 0.25) is 0 Å². The molecule has 0 saturated heterocycles. The fraction of sp³-hybridized carbons (Fsp3) is 0. The number of anilines is 1. The highest BCUT2D eigenvalue weighted by molar-refractivity contribution is 7.94. The van der Waals surface area contributed by atoms with Crippen molar-refractivity contribution < 1.29 is 18.0 Å². The number of hydrazine groups is 1.